The van der Waals surface area contributed by atoms with Gasteiger partial charge in [-0.1, -0.05) is 11.3 Å². The number of aromatic nitrogens is 3. The van der Waals surface area contributed by atoms with E-state index in [0.29, 0.717) is 6.07 Å². The average Bonchev–Trinajstić information content (AvgIpc) is 2.90. The van der Waals surface area contributed by atoms with Crippen molar-refractivity contribution in [3.63, 3.8) is 0 Å². The summed E-state index contributed by atoms with van der Waals surface area (Å²) in [6.07, 6.45) is -1.85. The van der Waals surface area contributed by atoms with Crippen molar-refractivity contribution in [3.05, 3.63) is 47.5 Å². The smallest absolute Gasteiger partial charge is 0.350 e. The molecule has 0 aliphatic heterocycles. The minimum atomic E-state index is -4.85. The number of alkyl halides is 3. The van der Waals surface area contributed by atoms with Crippen LogP contribution in [0.3, 0.4) is 0 Å². The number of amides is 1. The van der Waals surface area contributed by atoms with E-state index in [2.05, 4.69) is 15.6 Å². The van der Waals surface area contributed by atoms with Crippen LogP contribution in [-0.4, -0.2) is 27.4 Å². The van der Waals surface area contributed by atoms with Crippen molar-refractivity contribution in [3.8, 4) is 0 Å². The van der Waals surface area contributed by atoms with E-state index in [1.165, 1.54) is 10.9 Å². The molecular formula is C12H10F4N4O. The molecule has 0 spiro atoms. The predicted octanol–water partition coefficient (Wildman–Crippen LogP) is 1.87. The molecule has 1 N–H and O–H groups in total. The summed E-state index contributed by atoms with van der Waals surface area (Å²) in [5.74, 6) is -2.50. The van der Waals surface area contributed by atoms with Crippen LogP contribution in [-0.2, 0) is 12.7 Å². The third kappa shape index (κ3) is 3.56. The Morgan fingerprint density at radius 3 is 2.71 bits per heavy atom. The first-order chi connectivity index (χ1) is 9.89. The first-order valence-corrected chi connectivity index (χ1v) is 5.87. The third-order valence-corrected chi connectivity index (χ3v) is 2.65. The highest BCUT2D eigenvalue weighted by Crippen LogP contribution is 2.32. The second-order valence-electron chi connectivity index (χ2n) is 4.09. The fourth-order valence-corrected chi connectivity index (χ4v) is 1.66. The van der Waals surface area contributed by atoms with E-state index in [9.17, 15) is 22.4 Å². The molecule has 1 aromatic carbocycles. The number of carbonyl (C=O) groups is 1. The minimum absolute atomic E-state index is 0.0812. The van der Waals surface area contributed by atoms with Crippen molar-refractivity contribution >= 4 is 5.91 Å². The summed E-state index contributed by atoms with van der Waals surface area (Å²) in [5, 5.41) is 9.51. The van der Waals surface area contributed by atoms with Gasteiger partial charge in [0.15, 0.2) is 0 Å². The number of hydrogen-bond donors (Lipinski definition) is 1. The highest BCUT2D eigenvalue weighted by Gasteiger charge is 2.35. The van der Waals surface area contributed by atoms with Crippen molar-refractivity contribution in [2.45, 2.75) is 12.7 Å². The summed E-state index contributed by atoms with van der Waals surface area (Å²) in [7, 11) is 0. The van der Waals surface area contributed by atoms with E-state index in [0.717, 1.165) is 12.1 Å². The van der Waals surface area contributed by atoms with Crippen molar-refractivity contribution in [1.82, 2.24) is 20.3 Å². The average molecular weight is 302 g/mol. The van der Waals surface area contributed by atoms with Gasteiger partial charge in [0.2, 0.25) is 0 Å². The molecule has 0 atom stereocenters. The van der Waals surface area contributed by atoms with Gasteiger partial charge in [0.1, 0.15) is 5.82 Å². The molecule has 112 valence electrons. The number of nitrogens with one attached hydrogen (secondary N) is 1. The number of halogens is 4. The van der Waals surface area contributed by atoms with Gasteiger partial charge < -0.3 is 5.32 Å². The molecule has 1 amide bonds. The van der Waals surface area contributed by atoms with E-state index >= 15 is 0 Å². The molecule has 2 aromatic rings. The second kappa shape index (κ2) is 5.90. The Balaban J connectivity index is 2.05. The maximum absolute atomic E-state index is 13.7. The largest absolute Gasteiger partial charge is 0.419 e. The second-order valence-corrected chi connectivity index (χ2v) is 4.09. The number of benzene rings is 1. The van der Waals surface area contributed by atoms with Crippen molar-refractivity contribution in [2.75, 3.05) is 6.54 Å². The predicted molar refractivity (Wildman–Crippen MR) is 63.8 cm³/mol. The van der Waals surface area contributed by atoms with Gasteiger partial charge in [-0.15, -0.1) is 5.10 Å². The Morgan fingerprint density at radius 1 is 1.33 bits per heavy atom. The van der Waals surface area contributed by atoms with Gasteiger partial charge in [0.05, 0.1) is 23.9 Å². The maximum atomic E-state index is 13.7. The van der Waals surface area contributed by atoms with Gasteiger partial charge in [-0.2, -0.15) is 13.2 Å². The van der Waals surface area contributed by atoms with Crippen LogP contribution in [0.15, 0.2) is 30.6 Å². The Morgan fingerprint density at radius 2 is 2.10 bits per heavy atom. The van der Waals surface area contributed by atoms with E-state index < -0.39 is 29.0 Å². The number of carbonyl (C=O) groups excluding carboxylic acids is 1. The standard InChI is InChI=1S/C12H10F4N4O/c13-10-8(2-1-3-9(10)12(14,15)16)11(21)17-4-6-20-7-5-18-19-20/h1-3,5,7H,4,6H2,(H,17,21). The number of hydrogen-bond acceptors (Lipinski definition) is 3. The molecule has 1 heterocycles. The van der Waals surface area contributed by atoms with Crippen LogP contribution >= 0.6 is 0 Å². The monoisotopic (exact) mass is 302 g/mol. The number of rotatable bonds is 4. The van der Waals surface area contributed by atoms with Crippen molar-refractivity contribution in [1.29, 1.82) is 0 Å². The maximum Gasteiger partial charge on any atom is 0.419 e. The van der Waals surface area contributed by atoms with E-state index in [1.807, 2.05) is 0 Å². The van der Waals surface area contributed by atoms with Gasteiger partial charge >= 0.3 is 6.18 Å². The Bertz CT molecular complexity index is 625. The zero-order valence-corrected chi connectivity index (χ0v) is 10.6. The molecule has 21 heavy (non-hydrogen) atoms. The first kappa shape index (κ1) is 14.9. The molecular weight excluding hydrogens is 292 g/mol. The van der Waals surface area contributed by atoms with Crippen LogP contribution in [0.4, 0.5) is 17.6 Å². The van der Waals surface area contributed by atoms with Gasteiger partial charge in [0, 0.05) is 12.7 Å². The van der Waals surface area contributed by atoms with Crippen molar-refractivity contribution < 1.29 is 22.4 Å². The fourth-order valence-electron chi connectivity index (χ4n) is 1.66. The Hall–Kier alpha value is -2.45. The lowest BCUT2D eigenvalue weighted by molar-refractivity contribution is -0.140. The summed E-state index contributed by atoms with van der Waals surface area (Å²) in [6, 6.07) is 2.56. The van der Waals surface area contributed by atoms with E-state index in [-0.39, 0.29) is 13.1 Å². The minimum Gasteiger partial charge on any atom is -0.350 e. The molecule has 2 rings (SSSR count). The van der Waals surface area contributed by atoms with E-state index in [4.69, 9.17) is 0 Å². The highest BCUT2D eigenvalue weighted by atomic mass is 19.4. The van der Waals surface area contributed by atoms with Gasteiger partial charge in [-0.3, -0.25) is 9.48 Å². The summed E-state index contributed by atoms with van der Waals surface area (Å²) < 4.78 is 52.7. The molecule has 0 bridgehead atoms. The lowest BCUT2D eigenvalue weighted by Crippen LogP contribution is -2.28. The van der Waals surface area contributed by atoms with Gasteiger partial charge in [0.25, 0.3) is 5.91 Å². The van der Waals surface area contributed by atoms with Crippen molar-refractivity contribution in [2.24, 2.45) is 0 Å². The molecule has 0 unspecified atom stereocenters. The summed E-state index contributed by atoms with van der Waals surface area (Å²) in [5.41, 5.74) is -2.12. The van der Waals surface area contributed by atoms with Gasteiger partial charge in [-0.05, 0) is 12.1 Å². The molecule has 5 nitrogen and oxygen atoms in total. The zero-order valence-electron chi connectivity index (χ0n) is 10.6. The Labute approximate surface area is 116 Å². The van der Waals surface area contributed by atoms with Crippen LogP contribution in [0.5, 0.6) is 0 Å². The van der Waals surface area contributed by atoms with Crippen LogP contribution in [0.25, 0.3) is 0 Å². The van der Waals surface area contributed by atoms with Crippen LogP contribution < -0.4 is 5.32 Å². The van der Waals surface area contributed by atoms with E-state index in [1.54, 1.807) is 6.20 Å². The quantitative estimate of drug-likeness (QED) is 0.877. The summed E-state index contributed by atoms with van der Waals surface area (Å²) in [4.78, 5) is 11.7. The molecule has 9 heteroatoms. The Kier molecular flexibility index (Phi) is 4.20. The van der Waals surface area contributed by atoms with Crippen LogP contribution in [0.1, 0.15) is 15.9 Å². The van der Waals surface area contributed by atoms with Crippen LogP contribution in [0.2, 0.25) is 0 Å². The first-order valence-electron chi connectivity index (χ1n) is 5.87. The SMILES string of the molecule is O=C(NCCn1ccnn1)c1cccc(C(F)(F)F)c1F. The molecule has 0 saturated heterocycles. The lowest BCUT2D eigenvalue weighted by Gasteiger charge is -2.11. The normalized spacial score (nSPS) is 11.4. The summed E-state index contributed by atoms with van der Waals surface area (Å²) >= 11 is 0. The highest BCUT2D eigenvalue weighted by molar-refractivity contribution is 5.94. The van der Waals surface area contributed by atoms with Crippen LogP contribution in [0, 0.1) is 5.82 Å². The lowest BCUT2D eigenvalue weighted by atomic mass is 10.1. The van der Waals surface area contributed by atoms with Gasteiger partial charge in [-0.25, -0.2) is 4.39 Å². The molecule has 1 aromatic heterocycles. The fraction of sp³-hybridized carbons (Fsp3) is 0.250. The zero-order chi connectivity index (χ0) is 15.5. The molecule has 0 aliphatic rings. The molecule has 0 aliphatic carbocycles. The third-order valence-electron chi connectivity index (χ3n) is 2.65. The summed E-state index contributed by atoms with van der Waals surface area (Å²) in [6.45, 7) is 0.351. The molecule has 0 fully saturated rings. The topological polar surface area (TPSA) is 59.8 Å². The molecule has 0 radical (unpaired) electrons. The molecule has 0 saturated carbocycles. The number of nitrogens with zero attached hydrogens (tertiary/aromatic N) is 3.